The second-order valence-corrected chi connectivity index (χ2v) is 8.06. The largest absolute Gasteiger partial charge is 0.497 e. The number of allylic oxidation sites excluding steroid dienone is 2. The van der Waals surface area contributed by atoms with E-state index < -0.39 is 0 Å². The number of hydrogen-bond donors (Lipinski definition) is 0. The summed E-state index contributed by atoms with van der Waals surface area (Å²) in [7, 11) is 3.45. The molecule has 0 spiro atoms. The van der Waals surface area contributed by atoms with Crippen LogP contribution in [-0.4, -0.2) is 14.2 Å². The van der Waals surface area contributed by atoms with Gasteiger partial charge in [0, 0.05) is 0 Å². The summed E-state index contributed by atoms with van der Waals surface area (Å²) in [4.78, 5) is 0. The van der Waals surface area contributed by atoms with E-state index in [2.05, 4.69) is 97.1 Å². The Labute approximate surface area is 188 Å². The molecule has 32 heavy (non-hydrogen) atoms. The molecule has 2 aliphatic carbocycles. The van der Waals surface area contributed by atoms with Crippen LogP contribution in [0.5, 0.6) is 11.5 Å². The first-order chi connectivity index (χ1) is 15.8. The maximum absolute atomic E-state index is 5.62. The number of methoxy groups -OCH3 is 2. The fourth-order valence-corrected chi connectivity index (χ4v) is 5.02. The third kappa shape index (κ3) is 2.66. The highest BCUT2D eigenvalue weighted by Gasteiger charge is 2.37. The minimum Gasteiger partial charge on any atom is -0.497 e. The molecule has 0 heterocycles. The zero-order chi connectivity index (χ0) is 21.7. The molecule has 4 aromatic rings. The first-order valence-electron chi connectivity index (χ1n) is 10.8. The van der Waals surface area contributed by atoms with Gasteiger partial charge in [-0.25, -0.2) is 0 Å². The van der Waals surface area contributed by atoms with Crippen LogP contribution in [0.4, 0.5) is 0 Å². The Bertz CT molecular complexity index is 1300. The lowest BCUT2D eigenvalue weighted by molar-refractivity contribution is 0.414. The van der Waals surface area contributed by atoms with Crippen LogP contribution in [0.1, 0.15) is 33.4 Å². The van der Waals surface area contributed by atoms with E-state index in [0.717, 1.165) is 11.5 Å². The molecule has 0 saturated carbocycles. The summed E-state index contributed by atoms with van der Waals surface area (Å²) in [6, 6.07) is 34.2. The minimum absolute atomic E-state index is 0.867. The molecule has 0 saturated heterocycles. The quantitative estimate of drug-likeness (QED) is 0.360. The summed E-state index contributed by atoms with van der Waals surface area (Å²) in [5.74, 6) is 1.73. The van der Waals surface area contributed by atoms with E-state index in [1.165, 1.54) is 55.7 Å². The predicted molar refractivity (Wildman–Crippen MR) is 131 cm³/mol. The van der Waals surface area contributed by atoms with Crippen LogP contribution in [0.25, 0.3) is 22.3 Å². The van der Waals surface area contributed by atoms with Crippen LogP contribution < -0.4 is 9.47 Å². The molecule has 6 rings (SSSR count). The zero-order valence-corrected chi connectivity index (χ0v) is 18.1. The number of hydrogen-bond acceptors (Lipinski definition) is 2. The van der Waals surface area contributed by atoms with Gasteiger partial charge in [0.2, 0.25) is 0 Å². The number of ether oxygens (including phenoxy) is 2. The van der Waals surface area contributed by atoms with Crippen LogP contribution >= 0.6 is 0 Å². The fourth-order valence-electron chi connectivity index (χ4n) is 5.02. The van der Waals surface area contributed by atoms with Gasteiger partial charge in [0.1, 0.15) is 11.5 Å². The first kappa shape index (κ1) is 18.7. The normalized spacial score (nSPS) is 13.7. The second kappa shape index (κ2) is 7.28. The van der Waals surface area contributed by atoms with Crippen molar-refractivity contribution in [1.82, 2.24) is 0 Å². The topological polar surface area (TPSA) is 18.5 Å². The van der Waals surface area contributed by atoms with Gasteiger partial charge >= 0.3 is 0 Å². The molecular formula is C30H22O2. The molecule has 2 aliphatic rings. The standard InChI is InChI=1S/C30H22O2/c1-31-21-13-15-23-25(17-21)29-28(20-11-7-4-8-12-20)24-16-14-22(32-2)18-26(24)30(29)27(23)19-9-5-3-6-10-19/h3-18H,1-2H3. The molecule has 154 valence electrons. The molecule has 0 amide bonds. The van der Waals surface area contributed by atoms with Gasteiger partial charge in [-0.15, -0.1) is 0 Å². The van der Waals surface area contributed by atoms with Gasteiger partial charge in [0.05, 0.1) is 14.2 Å². The molecule has 0 aromatic heterocycles. The van der Waals surface area contributed by atoms with Crippen molar-refractivity contribution in [1.29, 1.82) is 0 Å². The van der Waals surface area contributed by atoms with Gasteiger partial charge < -0.3 is 9.47 Å². The lowest BCUT2D eigenvalue weighted by Crippen LogP contribution is -1.94. The van der Waals surface area contributed by atoms with Crippen LogP contribution in [0.15, 0.2) is 97.1 Å². The molecule has 0 atom stereocenters. The van der Waals surface area contributed by atoms with E-state index in [0.29, 0.717) is 0 Å². The molecule has 0 radical (unpaired) electrons. The van der Waals surface area contributed by atoms with Gasteiger partial charge in [0.25, 0.3) is 0 Å². The SMILES string of the molecule is COc1ccc2c(c1)C1=C(c3ccccc3)c3ccc(OC)cc3C1=C2c1ccccc1. The summed E-state index contributed by atoms with van der Waals surface area (Å²) in [5.41, 5.74) is 12.4. The third-order valence-electron chi connectivity index (χ3n) is 6.41. The van der Waals surface area contributed by atoms with Crippen LogP contribution in [-0.2, 0) is 0 Å². The van der Waals surface area contributed by atoms with E-state index >= 15 is 0 Å². The summed E-state index contributed by atoms with van der Waals surface area (Å²) in [5, 5.41) is 0. The Kier molecular flexibility index (Phi) is 4.26. The minimum atomic E-state index is 0.867. The second-order valence-electron chi connectivity index (χ2n) is 8.06. The third-order valence-corrected chi connectivity index (χ3v) is 6.41. The van der Waals surface area contributed by atoms with Gasteiger partial charge in [-0.05, 0) is 79.9 Å². The smallest absolute Gasteiger partial charge is 0.119 e. The lowest BCUT2D eigenvalue weighted by Gasteiger charge is -2.13. The average molecular weight is 415 g/mol. The van der Waals surface area contributed by atoms with Gasteiger partial charge in [-0.1, -0.05) is 72.8 Å². The summed E-state index contributed by atoms with van der Waals surface area (Å²) < 4.78 is 11.2. The number of fused-ring (bicyclic) bond motifs is 5. The lowest BCUT2D eigenvalue weighted by atomic mass is 9.92. The van der Waals surface area contributed by atoms with Crippen molar-refractivity contribution in [3.63, 3.8) is 0 Å². The van der Waals surface area contributed by atoms with E-state index in [4.69, 9.17) is 9.47 Å². The molecule has 0 bridgehead atoms. The molecule has 0 fully saturated rings. The number of rotatable bonds is 4. The van der Waals surface area contributed by atoms with Crippen molar-refractivity contribution >= 4 is 22.3 Å². The summed E-state index contributed by atoms with van der Waals surface area (Å²) >= 11 is 0. The van der Waals surface area contributed by atoms with Crippen LogP contribution in [0, 0.1) is 0 Å². The summed E-state index contributed by atoms with van der Waals surface area (Å²) in [6.45, 7) is 0. The van der Waals surface area contributed by atoms with Crippen LogP contribution in [0.2, 0.25) is 0 Å². The first-order valence-corrected chi connectivity index (χ1v) is 10.8. The van der Waals surface area contributed by atoms with E-state index in [9.17, 15) is 0 Å². The highest BCUT2D eigenvalue weighted by atomic mass is 16.5. The van der Waals surface area contributed by atoms with Gasteiger partial charge in [-0.2, -0.15) is 0 Å². The van der Waals surface area contributed by atoms with Gasteiger partial charge in [-0.3, -0.25) is 0 Å². The molecule has 4 aromatic carbocycles. The fraction of sp³-hybridized carbons (Fsp3) is 0.0667. The monoisotopic (exact) mass is 414 g/mol. The summed E-state index contributed by atoms with van der Waals surface area (Å²) in [6.07, 6.45) is 0. The van der Waals surface area contributed by atoms with E-state index in [1.807, 2.05) is 0 Å². The van der Waals surface area contributed by atoms with Crippen molar-refractivity contribution < 1.29 is 9.47 Å². The Morgan fingerprint density at radius 1 is 0.406 bits per heavy atom. The van der Waals surface area contributed by atoms with Crippen molar-refractivity contribution in [2.75, 3.05) is 14.2 Å². The zero-order valence-electron chi connectivity index (χ0n) is 18.1. The van der Waals surface area contributed by atoms with Crippen molar-refractivity contribution in [3.05, 3.63) is 130 Å². The molecule has 0 N–H and O–H groups in total. The van der Waals surface area contributed by atoms with Crippen molar-refractivity contribution in [2.24, 2.45) is 0 Å². The molecule has 2 nitrogen and oxygen atoms in total. The molecule has 0 aliphatic heterocycles. The molecule has 0 unspecified atom stereocenters. The van der Waals surface area contributed by atoms with Crippen molar-refractivity contribution in [2.45, 2.75) is 0 Å². The van der Waals surface area contributed by atoms with Crippen LogP contribution in [0.3, 0.4) is 0 Å². The Hall–Kier alpha value is -4.04. The molecule has 2 heteroatoms. The highest BCUT2D eigenvalue weighted by molar-refractivity contribution is 6.35. The Morgan fingerprint density at radius 3 is 1.19 bits per heavy atom. The van der Waals surface area contributed by atoms with Crippen molar-refractivity contribution in [3.8, 4) is 11.5 Å². The van der Waals surface area contributed by atoms with Gasteiger partial charge in [0.15, 0.2) is 0 Å². The predicted octanol–water partition coefficient (Wildman–Crippen LogP) is 6.95. The molecular weight excluding hydrogens is 392 g/mol. The van der Waals surface area contributed by atoms with E-state index in [1.54, 1.807) is 14.2 Å². The Morgan fingerprint density at radius 2 is 0.812 bits per heavy atom. The maximum atomic E-state index is 5.62. The Balaban J connectivity index is 1.77. The number of benzene rings is 4. The average Bonchev–Trinajstić information content (AvgIpc) is 3.36. The van der Waals surface area contributed by atoms with E-state index in [-0.39, 0.29) is 0 Å². The maximum Gasteiger partial charge on any atom is 0.119 e. The highest BCUT2D eigenvalue weighted by Crippen LogP contribution is 2.59.